The number of alkyl halides is 3. The number of nitrogens with zero attached hydrogens (tertiary/aromatic N) is 3. The summed E-state index contributed by atoms with van der Waals surface area (Å²) < 4.78 is 38.7. The van der Waals surface area contributed by atoms with Gasteiger partial charge in [0.2, 0.25) is 5.82 Å². The molecule has 0 aliphatic heterocycles. The van der Waals surface area contributed by atoms with Crippen molar-refractivity contribution in [2.24, 2.45) is 7.05 Å². The maximum atomic E-state index is 12.6. The molecular weight excluding hydrogens is 235 g/mol. The Hall–Kier alpha value is -1.99. The highest BCUT2D eigenvalue weighted by Gasteiger charge is 2.37. The second-order valence-electron chi connectivity index (χ2n) is 3.51. The SMILES string of the molecule is CNc1nc2c(cc1N)nc(C(F)(F)F)n2C. The van der Waals surface area contributed by atoms with Crippen molar-refractivity contribution in [1.29, 1.82) is 0 Å². The molecule has 17 heavy (non-hydrogen) atoms. The summed E-state index contributed by atoms with van der Waals surface area (Å²) in [6.45, 7) is 0. The van der Waals surface area contributed by atoms with Crippen LogP contribution < -0.4 is 11.1 Å². The zero-order chi connectivity index (χ0) is 12.8. The average molecular weight is 245 g/mol. The van der Waals surface area contributed by atoms with E-state index in [1.807, 2.05) is 0 Å². The number of pyridine rings is 1. The van der Waals surface area contributed by atoms with Gasteiger partial charge in [-0.25, -0.2) is 9.97 Å². The van der Waals surface area contributed by atoms with Gasteiger partial charge in [0.25, 0.3) is 0 Å². The number of rotatable bonds is 1. The summed E-state index contributed by atoms with van der Waals surface area (Å²) in [5.74, 6) is -0.665. The number of nitrogens with two attached hydrogens (primary N) is 1. The van der Waals surface area contributed by atoms with E-state index >= 15 is 0 Å². The van der Waals surface area contributed by atoms with Crippen molar-refractivity contribution in [3.05, 3.63) is 11.9 Å². The lowest BCUT2D eigenvalue weighted by molar-refractivity contribution is -0.146. The highest BCUT2D eigenvalue weighted by atomic mass is 19.4. The van der Waals surface area contributed by atoms with Gasteiger partial charge in [-0.1, -0.05) is 0 Å². The first-order valence-corrected chi connectivity index (χ1v) is 4.72. The summed E-state index contributed by atoms with van der Waals surface area (Å²) in [6, 6.07) is 1.36. The zero-order valence-corrected chi connectivity index (χ0v) is 9.13. The highest BCUT2D eigenvalue weighted by molar-refractivity contribution is 5.81. The van der Waals surface area contributed by atoms with Crippen molar-refractivity contribution >= 4 is 22.7 Å². The number of anilines is 2. The van der Waals surface area contributed by atoms with E-state index in [0.717, 1.165) is 4.57 Å². The molecule has 2 rings (SSSR count). The third-order valence-electron chi connectivity index (χ3n) is 2.36. The Bertz CT molecular complexity index is 572. The second-order valence-corrected chi connectivity index (χ2v) is 3.51. The summed E-state index contributed by atoms with van der Waals surface area (Å²) >= 11 is 0. The molecule has 5 nitrogen and oxygen atoms in total. The molecule has 0 fully saturated rings. The Morgan fingerprint density at radius 3 is 2.53 bits per heavy atom. The zero-order valence-electron chi connectivity index (χ0n) is 9.13. The number of hydrogen-bond acceptors (Lipinski definition) is 4. The predicted molar refractivity (Wildman–Crippen MR) is 57.5 cm³/mol. The number of aryl methyl sites for hydroxylation is 1. The van der Waals surface area contributed by atoms with Crippen LogP contribution >= 0.6 is 0 Å². The molecule has 0 radical (unpaired) electrons. The molecule has 2 aromatic rings. The molecule has 0 spiro atoms. The Morgan fingerprint density at radius 1 is 1.35 bits per heavy atom. The Labute approximate surface area is 94.5 Å². The minimum Gasteiger partial charge on any atom is -0.396 e. The lowest BCUT2D eigenvalue weighted by Gasteiger charge is -2.06. The number of halogens is 3. The van der Waals surface area contributed by atoms with E-state index in [1.165, 1.54) is 13.1 Å². The van der Waals surface area contributed by atoms with Gasteiger partial charge in [0.1, 0.15) is 5.52 Å². The predicted octanol–water partition coefficient (Wildman–Crippen LogP) is 1.61. The summed E-state index contributed by atoms with van der Waals surface area (Å²) in [5, 5.41) is 2.70. The van der Waals surface area contributed by atoms with Crippen LogP contribution in [0.2, 0.25) is 0 Å². The van der Waals surface area contributed by atoms with E-state index in [9.17, 15) is 13.2 Å². The molecule has 0 bridgehead atoms. The lowest BCUT2D eigenvalue weighted by Crippen LogP contribution is -2.12. The van der Waals surface area contributed by atoms with Crippen molar-refractivity contribution in [1.82, 2.24) is 14.5 Å². The highest BCUT2D eigenvalue weighted by Crippen LogP contribution is 2.31. The number of imidazole rings is 1. The Kier molecular flexibility index (Phi) is 2.37. The number of fused-ring (bicyclic) bond motifs is 1. The molecule has 0 aliphatic rings. The van der Waals surface area contributed by atoms with Crippen LogP contribution in [0.3, 0.4) is 0 Å². The summed E-state index contributed by atoms with van der Waals surface area (Å²) in [6.07, 6.45) is -4.51. The fourth-order valence-electron chi connectivity index (χ4n) is 1.58. The fourth-order valence-corrected chi connectivity index (χ4v) is 1.58. The molecule has 0 unspecified atom stereocenters. The third kappa shape index (κ3) is 1.75. The lowest BCUT2D eigenvalue weighted by atomic mass is 10.3. The summed E-state index contributed by atoms with van der Waals surface area (Å²) in [5.41, 5.74) is 6.12. The normalized spacial score (nSPS) is 12.1. The van der Waals surface area contributed by atoms with Crippen molar-refractivity contribution in [2.45, 2.75) is 6.18 Å². The maximum Gasteiger partial charge on any atom is 0.449 e. The number of hydrogen-bond donors (Lipinski definition) is 2. The van der Waals surface area contributed by atoms with Crippen molar-refractivity contribution in [3.63, 3.8) is 0 Å². The monoisotopic (exact) mass is 245 g/mol. The van der Waals surface area contributed by atoms with E-state index in [2.05, 4.69) is 15.3 Å². The van der Waals surface area contributed by atoms with Gasteiger partial charge in [0, 0.05) is 14.1 Å². The van der Waals surface area contributed by atoms with Gasteiger partial charge in [-0.05, 0) is 6.07 Å². The van der Waals surface area contributed by atoms with Crippen LogP contribution in [0.1, 0.15) is 5.82 Å². The van der Waals surface area contributed by atoms with Gasteiger partial charge < -0.3 is 15.6 Å². The largest absolute Gasteiger partial charge is 0.449 e. The first kappa shape index (κ1) is 11.5. The van der Waals surface area contributed by atoms with Gasteiger partial charge in [0.05, 0.1) is 5.69 Å². The van der Waals surface area contributed by atoms with Crippen LogP contribution in [-0.2, 0) is 13.2 Å². The quantitative estimate of drug-likeness (QED) is 0.800. The number of nitrogen functional groups attached to an aromatic ring is 1. The molecule has 0 aromatic carbocycles. The van der Waals surface area contributed by atoms with Gasteiger partial charge in [-0.15, -0.1) is 0 Å². The fraction of sp³-hybridized carbons (Fsp3) is 0.333. The molecule has 2 aromatic heterocycles. The van der Waals surface area contributed by atoms with Crippen LogP contribution in [0.15, 0.2) is 6.07 Å². The van der Waals surface area contributed by atoms with E-state index in [4.69, 9.17) is 5.73 Å². The van der Waals surface area contributed by atoms with Crippen LogP contribution in [0.5, 0.6) is 0 Å². The number of nitrogens with one attached hydrogen (secondary N) is 1. The van der Waals surface area contributed by atoms with Crippen molar-refractivity contribution in [2.75, 3.05) is 18.1 Å². The first-order valence-electron chi connectivity index (χ1n) is 4.72. The van der Waals surface area contributed by atoms with Crippen LogP contribution in [0, 0.1) is 0 Å². The molecular formula is C9H10F3N5. The van der Waals surface area contributed by atoms with Crippen molar-refractivity contribution < 1.29 is 13.2 Å². The molecule has 0 saturated carbocycles. The van der Waals surface area contributed by atoms with E-state index in [1.54, 1.807) is 7.05 Å². The van der Waals surface area contributed by atoms with Crippen LogP contribution in [0.25, 0.3) is 11.2 Å². The second kappa shape index (κ2) is 3.51. The minimum absolute atomic E-state index is 0.122. The molecule has 0 amide bonds. The van der Waals surface area contributed by atoms with E-state index < -0.39 is 12.0 Å². The van der Waals surface area contributed by atoms with Gasteiger partial charge in [-0.3, -0.25) is 0 Å². The third-order valence-corrected chi connectivity index (χ3v) is 2.36. The Morgan fingerprint density at radius 2 is 2.00 bits per heavy atom. The number of aromatic nitrogens is 3. The van der Waals surface area contributed by atoms with Gasteiger partial charge in [-0.2, -0.15) is 13.2 Å². The molecule has 0 saturated heterocycles. The Balaban J connectivity index is 2.75. The van der Waals surface area contributed by atoms with Crippen LogP contribution in [0.4, 0.5) is 24.7 Å². The van der Waals surface area contributed by atoms with Crippen molar-refractivity contribution in [3.8, 4) is 0 Å². The molecule has 0 aliphatic carbocycles. The molecule has 3 N–H and O–H groups in total. The molecule has 0 atom stereocenters. The van der Waals surface area contributed by atoms with Gasteiger partial charge >= 0.3 is 6.18 Å². The topological polar surface area (TPSA) is 68.8 Å². The van der Waals surface area contributed by atoms with Crippen LogP contribution in [-0.4, -0.2) is 21.6 Å². The standard InChI is InChI=1S/C9H10F3N5/c1-14-6-4(13)3-5-7(16-6)17(2)8(15-5)9(10,11)12/h3H,13H2,1-2H3,(H,14,16). The average Bonchev–Trinajstić information content (AvgIpc) is 2.54. The van der Waals surface area contributed by atoms with Gasteiger partial charge in [0.15, 0.2) is 11.5 Å². The first-order chi connectivity index (χ1) is 7.84. The van der Waals surface area contributed by atoms with E-state index in [-0.39, 0.29) is 16.9 Å². The maximum absolute atomic E-state index is 12.6. The molecule has 2 heterocycles. The molecule has 8 heteroatoms. The molecule has 92 valence electrons. The summed E-state index contributed by atoms with van der Waals surface area (Å²) in [7, 11) is 2.85. The van der Waals surface area contributed by atoms with E-state index in [0.29, 0.717) is 5.82 Å². The summed E-state index contributed by atoms with van der Waals surface area (Å²) in [4.78, 5) is 7.48. The minimum atomic E-state index is -4.51. The smallest absolute Gasteiger partial charge is 0.396 e.